The van der Waals surface area contributed by atoms with Gasteiger partial charge in [0.15, 0.2) is 0 Å². The molecule has 6 heteroatoms. The molecule has 2 rings (SSSR count). The molecule has 0 radical (unpaired) electrons. The van der Waals surface area contributed by atoms with Gasteiger partial charge in [-0.2, -0.15) is 11.8 Å². The summed E-state index contributed by atoms with van der Waals surface area (Å²) in [4.78, 5) is 36.1. The molecular weight excluding hydrogens is 316 g/mol. The maximum atomic E-state index is 12.2. The molecule has 1 aliphatic rings. The number of esters is 2. The third-order valence-corrected chi connectivity index (χ3v) is 5.38. The highest BCUT2D eigenvalue weighted by Gasteiger charge is 2.46. The fourth-order valence-electron chi connectivity index (χ4n) is 2.84. The molecule has 1 aliphatic carbocycles. The minimum atomic E-state index is -0.762. The molecule has 0 bridgehead atoms. The van der Waals surface area contributed by atoms with Crippen LogP contribution in [-0.2, 0) is 29.6 Å². The van der Waals surface area contributed by atoms with E-state index >= 15 is 0 Å². The lowest BCUT2D eigenvalue weighted by Gasteiger charge is -2.33. The van der Waals surface area contributed by atoms with Crippen molar-refractivity contribution in [2.24, 2.45) is 11.8 Å². The summed E-state index contributed by atoms with van der Waals surface area (Å²) in [7, 11) is 2.56. The molecule has 23 heavy (non-hydrogen) atoms. The van der Waals surface area contributed by atoms with E-state index in [2.05, 4.69) is 0 Å². The molecule has 0 aliphatic heterocycles. The van der Waals surface area contributed by atoms with E-state index < -0.39 is 23.8 Å². The second kappa shape index (κ2) is 8.15. The molecule has 1 aromatic carbocycles. The lowest BCUT2D eigenvalue weighted by atomic mass is 9.78. The monoisotopic (exact) mass is 336 g/mol. The zero-order chi connectivity index (χ0) is 16.8. The molecule has 0 heterocycles. The van der Waals surface area contributed by atoms with Gasteiger partial charge in [0.25, 0.3) is 0 Å². The molecule has 5 nitrogen and oxygen atoms in total. The Hall–Kier alpha value is -1.82. The average molecular weight is 336 g/mol. The summed E-state index contributed by atoms with van der Waals surface area (Å²) < 4.78 is 9.63. The summed E-state index contributed by atoms with van der Waals surface area (Å²) in [5.41, 5.74) is 1.11. The van der Waals surface area contributed by atoms with Gasteiger partial charge in [-0.3, -0.25) is 14.4 Å². The standard InChI is InChI=1S/C17H20O5S/c1-21-16(19)13-8-12(18)9-14(15(13)17(20)22-2)23-10-11-6-4-3-5-7-11/h3-7,13-15H,8-10H2,1-2H3/t13-,14-,15+/m0/s1. The molecule has 0 saturated heterocycles. The SMILES string of the molecule is COC(=O)[C@H]1[C@@H](SCc2ccccc2)CC(=O)C[C@@H]1C(=O)OC. The Bertz CT molecular complexity index is 572. The van der Waals surface area contributed by atoms with E-state index in [1.54, 1.807) is 0 Å². The van der Waals surface area contributed by atoms with Gasteiger partial charge in [0.1, 0.15) is 5.78 Å². The smallest absolute Gasteiger partial charge is 0.310 e. The van der Waals surface area contributed by atoms with Crippen molar-refractivity contribution in [3.8, 4) is 0 Å². The lowest BCUT2D eigenvalue weighted by Crippen LogP contribution is -2.44. The predicted octanol–water partition coefficient (Wildman–Crippen LogP) is 2.23. The van der Waals surface area contributed by atoms with Crippen LogP contribution in [0, 0.1) is 11.8 Å². The van der Waals surface area contributed by atoms with Gasteiger partial charge >= 0.3 is 11.9 Å². The Labute approximate surface area is 139 Å². The Kier molecular flexibility index (Phi) is 6.21. The molecule has 0 unspecified atom stereocenters. The van der Waals surface area contributed by atoms with E-state index in [0.29, 0.717) is 5.75 Å². The number of methoxy groups -OCH3 is 2. The highest BCUT2D eigenvalue weighted by molar-refractivity contribution is 7.99. The minimum absolute atomic E-state index is 0.0221. The Morgan fingerprint density at radius 1 is 1.09 bits per heavy atom. The third kappa shape index (κ3) is 4.34. The van der Waals surface area contributed by atoms with Gasteiger partial charge in [-0.25, -0.2) is 0 Å². The van der Waals surface area contributed by atoms with E-state index in [4.69, 9.17) is 9.47 Å². The summed E-state index contributed by atoms with van der Waals surface area (Å²) in [6, 6.07) is 9.79. The number of ketones is 1. The van der Waals surface area contributed by atoms with Gasteiger partial charge in [0.05, 0.1) is 26.1 Å². The summed E-state index contributed by atoms with van der Waals surface area (Å²) in [6.45, 7) is 0. The number of rotatable bonds is 5. The van der Waals surface area contributed by atoms with Crippen molar-refractivity contribution >= 4 is 29.5 Å². The van der Waals surface area contributed by atoms with Crippen LogP contribution in [0.4, 0.5) is 0 Å². The van der Waals surface area contributed by atoms with Crippen molar-refractivity contribution in [2.45, 2.75) is 23.8 Å². The Morgan fingerprint density at radius 3 is 2.35 bits per heavy atom. The van der Waals surface area contributed by atoms with Crippen LogP contribution in [0.15, 0.2) is 30.3 Å². The van der Waals surface area contributed by atoms with E-state index in [9.17, 15) is 14.4 Å². The molecule has 0 amide bonds. The molecule has 0 N–H and O–H groups in total. The molecule has 1 saturated carbocycles. The average Bonchev–Trinajstić information content (AvgIpc) is 2.58. The second-order valence-corrected chi connectivity index (χ2v) is 6.69. The van der Waals surface area contributed by atoms with Crippen LogP contribution in [-0.4, -0.2) is 37.2 Å². The van der Waals surface area contributed by atoms with Crippen molar-refractivity contribution in [1.82, 2.24) is 0 Å². The second-order valence-electron chi connectivity index (χ2n) is 5.46. The van der Waals surface area contributed by atoms with Gasteiger partial charge < -0.3 is 9.47 Å². The van der Waals surface area contributed by atoms with E-state index in [0.717, 1.165) is 5.56 Å². The number of thioether (sulfide) groups is 1. The fourth-order valence-corrected chi connectivity index (χ4v) is 4.25. The highest BCUT2D eigenvalue weighted by Crippen LogP contribution is 2.38. The topological polar surface area (TPSA) is 69.7 Å². The normalized spacial score (nSPS) is 24.1. The zero-order valence-corrected chi connectivity index (χ0v) is 14.0. The van der Waals surface area contributed by atoms with Crippen LogP contribution in [0.25, 0.3) is 0 Å². The van der Waals surface area contributed by atoms with Crippen molar-refractivity contribution < 1.29 is 23.9 Å². The molecule has 1 fully saturated rings. The number of carbonyl (C=O) groups is 3. The summed E-state index contributed by atoms with van der Waals surface area (Å²) in [6.07, 6.45) is 0.305. The van der Waals surface area contributed by atoms with Crippen LogP contribution < -0.4 is 0 Å². The first kappa shape index (κ1) is 17.5. The lowest BCUT2D eigenvalue weighted by molar-refractivity contribution is -0.160. The highest BCUT2D eigenvalue weighted by atomic mass is 32.2. The van der Waals surface area contributed by atoms with E-state index in [1.165, 1.54) is 26.0 Å². The Morgan fingerprint density at radius 2 is 1.74 bits per heavy atom. The maximum Gasteiger partial charge on any atom is 0.310 e. The van der Waals surface area contributed by atoms with Crippen LogP contribution in [0.3, 0.4) is 0 Å². The van der Waals surface area contributed by atoms with Gasteiger partial charge in [0, 0.05) is 23.8 Å². The molecule has 124 valence electrons. The van der Waals surface area contributed by atoms with Crippen LogP contribution >= 0.6 is 11.8 Å². The molecule has 0 aromatic heterocycles. The number of carbonyl (C=O) groups excluding carboxylic acids is 3. The maximum absolute atomic E-state index is 12.2. The third-order valence-electron chi connectivity index (χ3n) is 3.99. The van der Waals surface area contributed by atoms with Crippen molar-refractivity contribution in [1.29, 1.82) is 0 Å². The molecule has 3 atom stereocenters. The summed E-state index contributed by atoms with van der Waals surface area (Å²) in [5, 5.41) is -0.284. The summed E-state index contributed by atoms with van der Waals surface area (Å²) >= 11 is 1.51. The van der Waals surface area contributed by atoms with Crippen LogP contribution in [0.5, 0.6) is 0 Å². The van der Waals surface area contributed by atoms with Crippen molar-refractivity contribution in [3.05, 3.63) is 35.9 Å². The quantitative estimate of drug-likeness (QED) is 0.768. The van der Waals surface area contributed by atoms with Crippen LogP contribution in [0.1, 0.15) is 18.4 Å². The predicted molar refractivity (Wildman–Crippen MR) is 86.8 cm³/mol. The number of hydrogen-bond acceptors (Lipinski definition) is 6. The largest absolute Gasteiger partial charge is 0.469 e. The minimum Gasteiger partial charge on any atom is -0.469 e. The van der Waals surface area contributed by atoms with Crippen molar-refractivity contribution in [3.63, 3.8) is 0 Å². The van der Waals surface area contributed by atoms with Gasteiger partial charge in [-0.05, 0) is 5.56 Å². The number of ether oxygens (including phenoxy) is 2. The first-order valence-electron chi connectivity index (χ1n) is 7.39. The molecular formula is C17H20O5S. The van der Waals surface area contributed by atoms with Gasteiger partial charge in [-0.1, -0.05) is 30.3 Å². The number of hydrogen-bond donors (Lipinski definition) is 0. The molecule has 0 spiro atoms. The number of Topliss-reactive ketones (excluding diaryl/α,β-unsaturated/α-hetero) is 1. The van der Waals surface area contributed by atoms with E-state index in [1.807, 2.05) is 30.3 Å². The van der Waals surface area contributed by atoms with Gasteiger partial charge in [-0.15, -0.1) is 0 Å². The Balaban J connectivity index is 2.17. The van der Waals surface area contributed by atoms with Crippen LogP contribution in [0.2, 0.25) is 0 Å². The first-order chi connectivity index (χ1) is 11.1. The van der Waals surface area contributed by atoms with E-state index in [-0.39, 0.29) is 23.9 Å². The van der Waals surface area contributed by atoms with Crippen molar-refractivity contribution in [2.75, 3.05) is 14.2 Å². The zero-order valence-electron chi connectivity index (χ0n) is 13.2. The number of benzene rings is 1. The molecule has 1 aromatic rings. The fraction of sp³-hybridized carbons (Fsp3) is 0.471. The summed E-state index contributed by atoms with van der Waals surface area (Å²) in [5.74, 6) is -1.76. The first-order valence-corrected chi connectivity index (χ1v) is 8.44. The van der Waals surface area contributed by atoms with Gasteiger partial charge in [0.2, 0.25) is 0 Å².